The first-order valence-electron chi connectivity index (χ1n) is 11.0. The number of nitrogens with zero attached hydrogens (tertiary/aromatic N) is 2. The number of pyridine rings is 1. The van der Waals surface area contributed by atoms with Crippen LogP contribution in [0, 0.1) is 6.92 Å². The van der Waals surface area contributed by atoms with E-state index >= 15 is 0 Å². The average Bonchev–Trinajstić information content (AvgIpc) is 2.85. The molecule has 2 aromatic carbocycles. The SMILES string of the molecule is Cc1ccc(S(=O)(=O)N2CCCCC2)cc1C(=O)Nc1ccc(SCc2cccnc2)cc1. The van der Waals surface area contributed by atoms with E-state index in [1.54, 1.807) is 30.1 Å². The van der Waals surface area contributed by atoms with Crippen LogP contribution in [0.4, 0.5) is 5.69 Å². The Hall–Kier alpha value is -2.68. The molecule has 1 saturated heterocycles. The van der Waals surface area contributed by atoms with Gasteiger partial charge in [-0.3, -0.25) is 9.78 Å². The third-order valence-corrected chi connectivity index (χ3v) is 8.62. The first-order chi connectivity index (χ1) is 15.9. The minimum absolute atomic E-state index is 0.169. The van der Waals surface area contributed by atoms with E-state index in [9.17, 15) is 13.2 Å². The highest BCUT2D eigenvalue weighted by atomic mass is 32.2. The Kier molecular flexibility index (Phi) is 7.47. The third-order valence-electron chi connectivity index (χ3n) is 5.65. The number of hydrogen-bond acceptors (Lipinski definition) is 5. The van der Waals surface area contributed by atoms with Gasteiger partial charge in [0.05, 0.1) is 4.90 Å². The van der Waals surface area contributed by atoms with E-state index in [0.29, 0.717) is 24.3 Å². The van der Waals surface area contributed by atoms with Gasteiger partial charge in [0, 0.05) is 47.4 Å². The van der Waals surface area contributed by atoms with Gasteiger partial charge in [-0.15, -0.1) is 11.8 Å². The molecule has 0 unspecified atom stereocenters. The fourth-order valence-electron chi connectivity index (χ4n) is 3.74. The molecular weight excluding hydrogens is 454 g/mol. The molecule has 1 fully saturated rings. The van der Waals surface area contributed by atoms with Gasteiger partial charge in [-0.1, -0.05) is 18.6 Å². The van der Waals surface area contributed by atoms with Crippen molar-refractivity contribution in [3.05, 3.63) is 83.7 Å². The van der Waals surface area contributed by atoms with Crippen LogP contribution in [-0.4, -0.2) is 36.7 Å². The van der Waals surface area contributed by atoms with Crippen molar-refractivity contribution < 1.29 is 13.2 Å². The van der Waals surface area contributed by atoms with Crippen LogP contribution in [0.1, 0.15) is 40.7 Å². The molecule has 4 rings (SSSR count). The van der Waals surface area contributed by atoms with Gasteiger partial charge in [0.2, 0.25) is 10.0 Å². The van der Waals surface area contributed by atoms with Gasteiger partial charge < -0.3 is 5.32 Å². The minimum atomic E-state index is -3.60. The predicted molar refractivity (Wildman–Crippen MR) is 132 cm³/mol. The third kappa shape index (κ3) is 5.82. The van der Waals surface area contributed by atoms with Crippen molar-refractivity contribution in [1.82, 2.24) is 9.29 Å². The zero-order valence-electron chi connectivity index (χ0n) is 18.5. The van der Waals surface area contributed by atoms with Gasteiger partial charge >= 0.3 is 0 Å². The lowest BCUT2D eigenvalue weighted by Gasteiger charge is -2.26. The Morgan fingerprint density at radius 2 is 1.82 bits per heavy atom. The molecular formula is C25H27N3O3S2. The van der Waals surface area contributed by atoms with Gasteiger partial charge in [-0.05, 0) is 73.4 Å². The lowest BCUT2D eigenvalue weighted by atomic mass is 10.1. The Morgan fingerprint density at radius 1 is 1.06 bits per heavy atom. The molecule has 1 aromatic heterocycles. The number of rotatable bonds is 7. The van der Waals surface area contributed by atoms with E-state index in [-0.39, 0.29) is 10.8 Å². The van der Waals surface area contributed by atoms with Gasteiger partial charge in [0.1, 0.15) is 0 Å². The molecule has 0 aliphatic carbocycles. The van der Waals surface area contributed by atoms with Crippen LogP contribution in [0.3, 0.4) is 0 Å². The van der Waals surface area contributed by atoms with Gasteiger partial charge in [0.25, 0.3) is 5.91 Å². The fraction of sp³-hybridized carbons (Fsp3) is 0.280. The molecule has 1 N–H and O–H groups in total. The summed E-state index contributed by atoms with van der Waals surface area (Å²) in [5, 5.41) is 2.89. The number of aryl methyl sites for hydroxylation is 1. The maximum Gasteiger partial charge on any atom is 0.255 e. The number of aromatic nitrogens is 1. The molecule has 172 valence electrons. The van der Waals surface area contributed by atoms with Gasteiger partial charge in [-0.2, -0.15) is 4.31 Å². The Balaban J connectivity index is 1.44. The molecule has 0 bridgehead atoms. The highest BCUT2D eigenvalue weighted by Crippen LogP contribution is 2.26. The van der Waals surface area contributed by atoms with Crippen molar-refractivity contribution in [2.45, 2.75) is 41.7 Å². The zero-order valence-corrected chi connectivity index (χ0v) is 20.2. The van der Waals surface area contributed by atoms with Gasteiger partial charge in [0.15, 0.2) is 0 Å². The van der Waals surface area contributed by atoms with Crippen molar-refractivity contribution in [2.75, 3.05) is 18.4 Å². The fourth-order valence-corrected chi connectivity index (χ4v) is 6.12. The van der Waals surface area contributed by atoms with Crippen molar-refractivity contribution in [2.24, 2.45) is 0 Å². The smallest absolute Gasteiger partial charge is 0.255 e. The van der Waals surface area contributed by atoms with E-state index in [2.05, 4.69) is 10.3 Å². The molecule has 8 heteroatoms. The van der Waals surface area contributed by atoms with E-state index in [0.717, 1.165) is 41.0 Å². The summed E-state index contributed by atoms with van der Waals surface area (Å²) in [6.45, 7) is 2.87. The minimum Gasteiger partial charge on any atom is -0.322 e. The summed E-state index contributed by atoms with van der Waals surface area (Å²) in [7, 11) is -3.60. The van der Waals surface area contributed by atoms with Crippen LogP contribution in [-0.2, 0) is 15.8 Å². The molecule has 0 radical (unpaired) electrons. The summed E-state index contributed by atoms with van der Waals surface area (Å²) < 4.78 is 27.6. The van der Waals surface area contributed by atoms with Crippen LogP contribution in [0.15, 0.2) is 76.8 Å². The second-order valence-electron chi connectivity index (χ2n) is 8.07. The molecule has 0 atom stereocenters. The van der Waals surface area contributed by atoms with E-state index in [4.69, 9.17) is 0 Å². The lowest BCUT2D eigenvalue weighted by molar-refractivity contribution is 0.102. The van der Waals surface area contributed by atoms with E-state index < -0.39 is 10.0 Å². The van der Waals surface area contributed by atoms with Crippen LogP contribution >= 0.6 is 11.8 Å². The van der Waals surface area contributed by atoms with E-state index in [1.165, 1.54) is 10.4 Å². The van der Waals surface area contributed by atoms with Gasteiger partial charge in [-0.25, -0.2) is 8.42 Å². The van der Waals surface area contributed by atoms with E-state index in [1.807, 2.05) is 49.5 Å². The second-order valence-corrected chi connectivity index (χ2v) is 11.1. The molecule has 2 heterocycles. The monoisotopic (exact) mass is 481 g/mol. The quantitative estimate of drug-likeness (QED) is 0.475. The number of carbonyl (C=O) groups excluding carboxylic acids is 1. The Bertz CT molecular complexity index is 1210. The molecule has 3 aromatic rings. The lowest BCUT2D eigenvalue weighted by Crippen LogP contribution is -2.35. The zero-order chi connectivity index (χ0) is 23.3. The predicted octanol–water partition coefficient (Wildman–Crippen LogP) is 5.11. The first-order valence-corrected chi connectivity index (χ1v) is 13.4. The summed E-state index contributed by atoms with van der Waals surface area (Å²) in [6.07, 6.45) is 6.40. The van der Waals surface area contributed by atoms with Crippen LogP contribution in [0.2, 0.25) is 0 Å². The average molecular weight is 482 g/mol. The second kappa shape index (κ2) is 10.5. The number of piperidine rings is 1. The normalized spacial score (nSPS) is 14.7. The number of carbonyl (C=O) groups is 1. The van der Waals surface area contributed by atoms with Crippen molar-refractivity contribution in [1.29, 1.82) is 0 Å². The Morgan fingerprint density at radius 3 is 2.52 bits per heavy atom. The number of sulfonamides is 1. The number of amides is 1. The highest BCUT2D eigenvalue weighted by molar-refractivity contribution is 7.98. The standard InChI is InChI=1S/C25H27N3O3S2/c1-19-7-12-23(33(30,31)28-14-3-2-4-15-28)16-24(19)25(29)27-21-8-10-22(11-9-21)32-18-20-6-5-13-26-17-20/h5-13,16-17H,2-4,14-15,18H2,1H3,(H,27,29). The number of hydrogen-bond donors (Lipinski definition) is 1. The molecule has 6 nitrogen and oxygen atoms in total. The molecule has 1 aliphatic heterocycles. The van der Waals surface area contributed by atoms with Crippen LogP contribution in [0.25, 0.3) is 0 Å². The molecule has 1 aliphatic rings. The summed E-state index contributed by atoms with van der Waals surface area (Å²) in [5.74, 6) is 0.496. The number of benzene rings is 2. The topological polar surface area (TPSA) is 79.4 Å². The number of nitrogens with one attached hydrogen (secondary N) is 1. The summed E-state index contributed by atoms with van der Waals surface area (Å²) in [4.78, 5) is 18.3. The number of thioether (sulfide) groups is 1. The first kappa shape index (κ1) is 23.5. The maximum absolute atomic E-state index is 13.0. The van der Waals surface area contributed by atoms with Crippen molar-refractivity contribution in [3.8, 4) is 0 Å². The largest absolute Gasteiger partial charge is 0.322 e. The van der Waals surface area contributed by atoms with Crippen molar-refractivity contribution >= 4 is 33.4 Å². The maximum atomic E-state index is 13.0. The Labute approximate surface area is 199 Å². The molecule has 1 amide bonds. The van der Waals surface area contributed by atoms with Crippen LogP contribution in [0.5, 0.6) is 0 Å². The summed E-state index contributed by atoms with van der Waals surface area (Å²) in [6, 6.07) is 16.4. The molecule has 0 saturated carbocycles. The van der Waals surface area contributed by atoms with Crippen LogP contribution < -0.4 is 5.32 Å². The summed E-state index contributed by atoms with van der Waals surface area (Å²) in [5.41, 5.74) is 2.90. The highest BCUT2D eigenvalue weighted by Gasteiger charge is 2.27. The summed E-state index contributed by atoms with van der Waals surface area (Å²) >= 11 is 1.69. The van der Waals surface area contributed by atoms with Crippen molar-refractivity contribution in [3.63, 3.8) is 0 Å². The molecule has 33 heavy (non-hydrogen) atoms. The molecule has 0 spiro atoms. The number of anilines is 1.